The minimum absolute atomic E-state index is 0.0638. The summed E-state index contributed by atoms with van der Waals surface area (Å²) in [4.78, 5) is 0. The van der Waals surface area contributed by atoms with Gasteiger partial charge in [0.25, 0.3) is 0 Å². The Morgan fingerprint density at radius 3 is 2.86 bits per heavy atom. The van der Waals surface area contributed by atoms with Crippen molar-refractivity contribution in [3.8, 4) is 11.7 Å². The number of anilines is 1. The van der Waals surface area contributed by atoms with Crippen LogP contribution in [0.4, 0.5) is 5.69 Å². The second-order valence-corrected chi connectivity index (χ2v) is 5.89. The van der Waals surface area contributed by atoms with Crippen LogP contribution >= 0.6 is 0 Å². The van der Waals surface area contributed by atoms with E-state index in [-0.39, 0.29) is 29.5 Å². The summed E-state index contributed by atoms with van der Waals surface area (Å²) in [7, 11) is -4.02. The SMILES string of the molecule is C=CCOc1onc2cc(O)c(N3C=C(O)NS3(=O)=O)cc12. The van der Waals surface area contributed by atoms with Crippen molar-refractivity contribution in [2.24, 2.45) is 0 Å². The van der Waals surface area contributed by atoms with E-state index in [2.05, 4.69) is 11.7 Å². The van der Waals surface area contributed by atoms with Gasteiger partial charge in [-0.25, -0.2) is 9.03 Å². The molecule has 1 aromatic carbocycles. The molecular formula is C12H11N3O6S. The molecule has 0 spiro atoms. The van der Waals surface area contributed by atoms with Gasteiger partial charge in [0.15, 0.2) is 0 Å². The molecule has 0 saturated carbocycles. The number of aliphatic hydroxyl groups is 1. The first-order chi connectivity index (χ1) is 10.4. The molecule has 0 unspecified atom stereocenters. The largest absolute Gasteiger partial charge is 0.506 e. The van der Waals surface area contributed by atoms with Crippen LogP contribution in [0, 0.1) is 0 Å². The fourth-order valence-electron chi connectivity index (χ4n) is 1.95. The Kier molecular flexibility index (Phi) is 3.10. The highest BCUT2D eigenvalue weighted by Crippen LogP contribution is 2.38. The third-order valence-electron chi connectivity index (χ3n) is 2.84. The molecule has 0 radical (unpaired) electrons. The fraction of sp³-hybridized carbons (Fsp3) is 0.0833. The van der Waals surface area contributed by atoms with Crippen molar-refractivity contribution < 1.29 is 27.9 Å². The average Bonchev–Trinajstić information content (AvgIpc) is 2.95. The number of aromatic hydroxyl groups is 1. The Balaban J connectivity index is 2.14. The minimum Gasteiger partial charge on any atom is -0.506 e. The summed E-state index contributed by atoms with van der Waals surface area (Å²) in [5.74, 6) is -0.853. The number of hydrogen-bond acceptors (Lipinski definition) is 7. The molecule has 2 aromatic rings. The number of benzene rings is 1. The molecule has 0 atom stereocenters. The van der Waals surface area contributed by atoms with Crippen LogP contribution in [0.5, 0.6) is 11.7 Å². The fourth-order valence-corrected chi connectivity index (χ4v) is 3.01. The molecule has 1 aromatic heterocycles. The van der Waals surface area contributed by atoms with Gasteiger partial charge in [-0.15, -0.1) is 0 Å². The van der Waals surface area contributed by atoms with Gasteiger partial charge in [-0.1, -0.05) is 17.8 Å². The quantitative estimate of drug-likeness (QED) is 0.719. The number of nitrogens with one attached hydrogen (secondary N) is 1. The van der Waals surface area contributed by atoms with Gasteiger partial charge in [-0.05, 0) is 6.07 Å². The van der Waals surface area contributed by atoms with Crippen LogP contribution < -0.4 is 13.8 Å². The van der Waals surface area contributed by atoms with Gasteiger partial charge < -0.3 is 19.5 Å². The Labute approximate surface area is 124 Å². The number of hydrogen-bond donors (Lipinski definition) is 3. The van der Waals surface area contributed by atoms with E-state index in [9.17, 15) is 18.6 Å². The van der Waals surface area contributed by atoms with Crippen molar-refractivity contribution in [1.29, 1.82) is 0 Å². The molecule has 10 heteroatoms. The van der Waals surface area contributed by atoms with Gasteiger partial charge in [-0.3, -0.25) is 0 Å². The van der Waals surface area contributed by atoms with E-state index >= 15 is 0 Å². The number of phenols is 1. The number of nitrogens with zero attached hydrogens (tertiary/aromatic N) is 2. The summed E-state index contributed by atoms with van der Waals surface area (Å²) in [6.07, 6.45) is 2.43. The summed E-state index contributed by atoms with van der Waals surface area (Å²) in [6.45, 7) is 3.68. The second-order valence-electron chi connectivity index (χ2n) is 4.35. The Hall–Kier alpha value is -2.88. The maximum absolute atomic E-state index is 11.9. The molecule has 3 N–H and O–H groups in total. The molecule has 2 heterocycles. The standard InChI is InChI=1S/C12H11N3O6S/c1-2-3-20-12-7-4-9(10(16)5-8(7)13-21-12)15-6-11(17)14-22(15,18)19/h2,4-6,14,16-17H,1,3H2. The van der Waals surface area contributed by atoms with Gasteiger partial charge in [0.05, 0.1) is 11.6 Å². The molecule has 116 valence electrons. The van der Waals surface area contributed by atoms with E-state index in [0.717, 1.165) is 6.20 Å². The molecule has 9 nitrogen and oxygen atoms in total. The van der Waals surface area contributed by atoms with Crippen molar-refractivity contribution >= 4 is 26.8 Å². The number of phenolic OH excluding ortho intramolecular Hbond substituents is 1. The molecule has 0 saturated heterocycles. The van der Waals surface area contributed by atoms with Crippen LogP contribution in [-0.4, -0.2) is 30.4 Å². The first-order valence-electron chi connectivity index (χ1n) is 6.01. The second kappa shape index (κ2) is 4.84. The summed E-state index contributed by atoms with van der Waals surface area (Å²) in [6, 6.07) is 2.56. The minimum atomic E-state index is -4.02. The van der Waals surface area contributed by atoms with Crippen molar-refractivity contribution in [1.82, 2.24) is 9.88 Å². The smallest absolute Gasteiger partial charge is 0.330 e. The Bertz CT molecular complexity index is 886. The van der Waals surface area contributed by atoms with Gasteiger partial charge in [-0.2, -0.15) is 8.42 Å². The first kappa shape index (κ1) is 14.1. The predicted octanol–water partition coefficient (Wildman–Crippen LogP) is 1.11. The number of rotatable bonds is 4. The van der Waals surface area contributed by atoms with Crippen molar-refractivity contribution in [3.63, 3.8) is 0 Å². The third kappa shape index (κ3) is 2.19. The maximum Gasteiger partial charge on any atom is 0.330 e. The van der Waals surface area contributed by atoms with Crippen LogP contribution in [0.15, 0.2) is 41.4 Å². The van der Waals surface area contributed by atoms with Crippen LogP contribution in [-0.2, 0) is 10.2 Å². The van der Waals surface area contributed by atoms with Gasteiger partial charge >= 0.3 is 16.2 Å². The number of ether oxygens (including phenoxy) is 1. The monoisotopic (exact) mass is 325 g/mol. The molecule has 3 rings (SSSR count). The van der Waals surface area contributed by atoms with Gasteiger partial charge in [0.1, 0.15) is 23.6 Å². The molecular weight excluding hydrogens is 314 g/mol. The van der Waals surface area contributed by atoms with E-state index in [4.69, 9.17) is 9.26 Å². The Morgan fingerprint density at radius 1 is 1.45 bits per heavy atom. The molecule has 0 aliphatic carbocycles. The molecule has 1 aliphatic rings. The van der Waals surface area contributed by atoms with Gasteiger partial charge in [0, 0.05) is 6.07 Å². The summed E-state index contributed by atoms with van der Waals surface area (Å²) >= 11 is 0. The normalized spacial score (nSPS) is 16.4. The Morgan fingerprint density at radius 2 is 2.23 bits per heavy atom. The zero-order valence-electron chi connectivity index (χ0n) is 11.1. The number of aliphatic hydroxyl groups excluding tert-OH is 1. The van der Waals surface area contributed by atoms with Crippen LogP contribution in [0.25, 0.3) is 10.9 Å². The number of fused-ring (bicyclic) bond motifs is 1. The van der Waals surface area contributed by atoms with Crippen LogP contribution in [0.1, 0.15) is 0 Å². The molecule has 0 amide bonds. The topological polar surface area (TPSA) is 125 Å². The summed E-state index contributed by atoms with van der Waals surface area (Å²) in [5, 5.41) is 23.4. The van der Waals surface area contributed by atoms with Crippen LogP contribution in [0.2, 0.25) is 0 Å². The lowest BCUT2D eigenvalue weighted by Crippen LogP contribution is -2.29. The lowest BCUT2D eigenvalue weighted by molar-refractivity contribution is 0.241. The first-order valence-corrected chi connectivity index (χ1v) is 7.45. The third-order valence-corrected chi connectivity index (χ3v) is 4.13. The summed E-state index contributed by atoms with van der Waals surface area (Å²) < 4.78 is 36.5. The molecule has 0 bridgehead atoms. The van der Waals surface area contributed by atoms with Crippen molar-refractivity contribution in [3.05, 3.63) is 36.9 Å². The molecule has 1 aliphatic heterocycles. The van der Waals surface area contributed by atoms with E-state index < -0.39 is 16.1 Å². The van der Waals surface area contributed by atoms with E-state index in [0.29, 0.717) is 9.69 Å². The highest BCUT2D eigenvalue weighted by Gasteiger charge is 2.31. The summed E-state index contributed by atoms with van der Waals surface area (Å²) in [5.41, 5.74) is 0.203. The predicted molar refractivity (Wildman–Crippen MR) is 76.6 cm³/mol. The lowest BCUT2D eigenvalue weighted by Gasteiger charge is -2.15. The average molecular weight is 325 g/mol. The highest BCUT2D eigenvalue weighted by atomic mass is 32.2. The lowest BCUT2D eigenvalue weighted by atomic mass is 10.2. The van der Waals surface area contributed by atoms with E-state index in [1.807, 2.05) is 4.72 Å². The number of aromatic nitrogens is 1. The zero-order valence-corrected chi connectivity index (χ0v) is 11.9. The van der Waals surface area contributed by atoms with E-state index in [1.165, 1.54) is 18.2 Å². The van der Waals surface area contributed by atoms with E-state index in [1.54, 1.807) is 0 Å². The molecule has 0 fully saturated rings. The van der Waals surface area contributed by atoms with Crippen molar-refractivity contribution in [2.75, 3.05) is 10.9 Å². The molecule has 22 heavy (non-hydrogen) atoms. The van der Waals surface area contributed by atoms with Gasteiger partial charge in [0.2, 0.25) is 5.88 Å². The van der Waals surface area contributed by atoms with Crippen molar-refractivity contribution in [2.45, 2.75) is 0 Å². The van der Waals surface area contributed by atoms with Crippen LogP contribution in [0.3, 0.4) is 0 Å². The maximum atomic E-state index is 11.9. The zero-order chi connectivity index (χ0) is 15.9. The highest BCUT2D eigenvalue weighted by molar-refractivity contribution is 7.91.